The van der Waals surface area contributed by atoms with E-state index in [2.05, 4.69) is 16.7 Å². The van der Waals surface area contributed by atoms with Gasteiger partial charge in [0, 0.05) is 17.1 Å². The third-order valence-electron chi connectivity index (χ3n) is 5.17. The van der Waals surface area contributed by atoms with Gasteiger partial charge in [0.25, 0.3) is 11.8 Å². The van der Waals surface area contributed by atoms with Crippen molar-refractivity contribution in [3.63, 3.8) is 0 Å². The summed E-state index contributed by atoms with van der Waals surface area (Å²) in [6.07, 6.45) is 0. The number of halogens is 1. The van der Waals surface area contributed by atoms with Crippen molar-refractivity contribution >= 4 is 34.9 Å². The topological polar surface area (TPSA) is 113 Å². The molecule has 34 heavy (non-hydrogen) atoms. The summed E-state index contributed by atoms with van der Waals surface area (Å²) in [6, 6.07) is 11.5. The Bertz CT molecular complexity index is 1270. The van der Waals surface area contributed by atoms with Gasteiger partial charge in [0.05, 0.1) is 10.4 Å². The molecule has 0 atom stereocenters. The molecule has 3 aromatic rings. The molecule has 0 fully saturated rings. The Hall–Kier alpha value is -3.97. The van der Waals surface area contributed by atoms with Crippen molar-refractivity contribution in [1.82, 2.24) is 9.88 Å². The Kier molecular flexibility index (Phi) is 7.81. The first kappa shape index (κ1) is 24.7. The van der Waals surface area contributed by atoms with E-state index in [0.717, 1.165) is 16.1 Å². The van der Waals surface area contributed by atoms with Crippen molar-refractivity contribution in [3.8, 4) is 6.07 Å². The second-order valence-corrected chi connectivity index (χ2v) is 8.85. The number of hydrogen-bond donors (Lipinski definition) is 2. The molecule has 0 saturated heterocycles. The summed E-state index contributed by atoms with van der Waals surface area (Å²) in [5.74, 6) is -1.90. The van der Waals surface area contributed by atoms with Crippen LogP contribution in [0.1, 0.15) is 36.9 Å². The number of nitriles is 1. The molecule has 0 aliphatic heterocycles. The van der Waals surface area contributed by atoms with Crippen LogP contribution >= 0.6 is 11.3 Å². The number of ether oxygens (including phenoxy) is 1. The zero-order valence-electron chi connectivity index (χ0n) is 18.9. The average Bonchev–Trinajstić information content (AvgIpc) is 3.34. The van der Waals surface area contributed by atoms with Gasteiger partial charge in [-0.3, -0.25) is 14.4 Å². The van der Waals surface area contributed by atoms with Gasteiger partial charge in [-0.15, -0.1) is 11.3 Å². The summed E-state index contributed by atoms with van der Waals surface area (Å²) in [4.78, 5) is 37.9. The number of carbonyl (C=O) groups is 3. The molecule has 10 heteroatoms. The lowest BCUT2D eigenvalue weighted by Gasteiger charge is -2.13. The van der Waals surface area contributed by atoms with Crippen molar-refractivity contribution in [2.75, 3.05) is 18.5 Å². The monoisotopic (exact) mass is 482 g/mol. The van der Waals surface area contributed by atoms with Crippen LogP contribution < -0.4 is 10.6 Å². The maximum absolute atomic E-state index is 13.2. The molecule has 0 aliphatic rings. The van der Waals surface area contributed by atoms with Crippen LogP contribution in [-0.4, -0.2) is 35.5 Å². The minimum absolute atomic E-state index is 0.268. The third kappa shape index (κ3) is 5.88. The molecule has 3 rings (SSSR count). The summed E-state index contributed by atoms with van der Waals surface area (Å²) in [7, 11) is 0. The minimum Gasteiger partial charge on any atom is -0.454 e. The Balaban J connectivity index is 1.61. The zero-order valence-corrected chi connectivity index (χ0v) is 19.7. The van der Waals surface area contributed by atoms with Crippen molar-refractivity contribution in [2.24, 2.45) is 0 Å². The van der Waals surface area contributed by atoms with Crippen molar-refractivity contribution in [3.05, 3.63) is 74.4 Å². The van der Waals surface area contributed by atoms with Crippen LogP contribution in [0.4, 0.5) is 10.2 Å². The van der Waals surface area contributed by atoms with E-state index >= 15 is 0 Å². The SMILES string of the molecule is Cc1ccc(C(=O)NCC(=O)OCC(=O)Nc2c(C#N)c(C)c(C)n2Cc2ccc(F)cc2)s1. The van der Waals surface area contributed by atoms with Gasteiger partial charge in [-0.25, -0.2) is 4.39 Å². The molecule has 0 radical (unpaired) electrons. The van der Waals surface area contributed by atoms with Crippen molar-refractivity contribution in [2.45, 2.75) is 27.3 Å². The predicted molar refractivity (Wildman–Crippen MR) is 125 cm³/mol. The molecule has 2 heterocycles. The lowest BCUT2D eigenvalue weighted by Crippen LogP contribution is -2.32. The van der Waals surface area contributed by atoms with Crippen LogP contribution in [0.15, 0.2) is 36.4 Å². The van der Waals surface area contributed by atoms with Gasteiger partial charge in [-0.05, 0) is 56.2 Å². The smallest absolute Gasteiger partial charge is 0.325 e. The molecule has 0 unspecified atom stereocenters. The summed E-state index contributed by atoms with van der Waals surface area (Å²) in [6.45, 7) is 4.78. The highest BCUT2D eigenvalue weighted by molar-refractivity contribution is 7.13. The Morgan fingerprint density at radius 2 is 1.82 bits per heavy atom. The second kappa shape index (κ2) is 10.8. The highest BCUT2D eigenvalue weighted by Gasteiger charge is 2.20. The molecule has 2 aromatic heterocycles. The van der Waals surface area contributed by atoms with Crippen LogP contribution in [0.2, 0.25) is 0 Å². The summed E-state index contributed by atoms with van der Waals surface area (Å²) < 4.78 is 19.9. The maximum Gasteiger partial charge on any atom is 0.325 e. The van der Waals surface area contributed by atoms with Gasteiger partial charge in [0.1, 0.15) is 24.2 Å². The zero-order chi connectivity index (χ0) is 24.8. The number of benzene rings is 1. The molecule has 0 spiro atoms. The molecule has 1 aromatic carbocycles. The molecular formula is C24H23FN4O4S. The first-order chi connectivity index (χ1) is 16.2. The number of nitrogens with zero attached hydrogens (tertiary/aromatic N) is 2. The number of anilines is 1. The molecule has 8 nitrogen and oxygen atoms in total. The Morgan fingerprint density at radius 3 is 2.44 bits per heavy atom. The standard InChI is InChI=1S/C24H23FN4O4S/c1-14-4-9-20(34-14)24(32)27-11-22(31)33-13-21(30)28-23-19(10-26)15(2)16(3)29(23)12-17-5-7-18(25)8-6-17/h4-9H,11-13H2,1-3H3,(H,27,32)(H,28,30). The van der Waals surface area contributed by atoms with E-state index in [1.165, 1.54) is 23.5 Å². The first-order valence-corrected chi connectivity index (χ1v) is 11.2. The number of aromatic nitrogens is 1. The van der Waals surface area contributed by atoms with E-state index in [1.807, 2.05) is 13.8 Å². The quantitative estimate of drug-likeness (QED) is 0.478. The number of thiophene rings is 1. The summed E-state index contributed by atoms with van der Waals surface area (Å²) in [5, 5.41) is 14.7. The van der Waals surface area contributed by atoms with E-state index in [-0.39, 0.29) is 23.7 Å². The summed E-state index contributed by atoms with van der Waals surface area (Å²) in [5.41, 5.74) is 2.53. The highest BCUT2D eigenvalue weighted by Crippen LogP contribution is 2.27. The van der Waals surface area contributed by atoms with Gasteiger partial charge >= 0.3 is 5.97 Å². The summed E-state index contributed by atoms with van der Waals surface area (Å²) >= 11 is 1.30. The third-order valence-corrected chi connectivity index (χ3v) is 6.17. The molecular weight excluding hydrogens is 459 g/mol. The fourth-order valence-electron chi connectivity index (χ4n) is 3.26. The number of carbonyl (C=O) groups excluding carboxylic acids is 3. The molecule has 0 saturated carbocycles. The van der Waals surface area contributed by atoms with Crippen molar-refractivity contribution < 1.29 is 23.5 Å². The van der Waals surface area contributed by atoms with E-state index in [4.69, 9.17) is 4.74 Å². The number of esters is 1. The van der Waals surface area contributed by atoms with Crippen LogP contribution in [-0.2, 0) is 20.9 Å². The van der Waals surface area contributed by atoms with Gasteiger partial charge in [-0.1, -0.05) is 12.1 Å². The number of nitrogens with one attached hydrogen (secondary N) is 2. The lowest BCUT2D eigenvalue weighted by atomic mass is 10.2. The van der Waals surface area contributed by atoms with Crippen LogP contribution in [0.25, 0.3) is 0 Å². The van der Waals surface area contributed by atoms with Crippen LogP contribution in [0.3, 0.4) is 0 Å². The van der Waals surface area contributed by atoms with Gasteiger partial charge < -0.3 is 19.9 Å². The normalized spacial score (nSPS) is 10.4. The van der Waals surface area contributed by atoms with E-state index in [1.54, 1.807) is 35.8 Å². The molecule has 0 bridgehead atoms. The maximum atomic E-state index is 13.2. The fourth-order valence-corrected chi connectivity index (χ4v) is 4.05. The molecule has 2 N–H and O–H groups in total. The van der Waals surface area contributed by atoms with E-state index < -0.39 is 24.4 Å². The van der Waals surface area contributed by atoms with E-state index in [0.29, 0.717) is 17.0 Å². The molecule has 176 valence electrons. The predicted octanol–water partition coefficient (Wildman–Crippen LogP) is 3.45. The number of amides is 2. The highest BCUT2D eigenvalue weighted by atomic mass is 32.1. The number of aryl methyl sites for hydroxylation is 1. The lowest BCUT2D eigenvalue weighted by molar-refractivity contribution is -0.146. The first-order valence-electron chi connectivity index (χ1n) is 10.3. The Morgan fingerprint density at radius 1 is 1.12 bits per heavy atom. The fraction of sp³-hybridized carbons (Fsp3) is 0.250. The number of rotatable bonds is 8. The van der Waals surface area contributed by atoms with Gasteiger partial charge in [-0.2, -0.15) is 5.26 Å². The van der Waals surface area contributed by atoms with Crippen LogP contribution in [0.5, 0.6) is 0 Å². The van der Waals surface area contributed by atoms with Gasteiger partial charge in [0.2, 0.25) is 0 Å². The van der Waals surface area contributed by atoms with Gasteiger partial charge in [0.15, 0.2) is 6.61 Å². The largest absolute Gasteiger partial charge is 0.454 e. The molecule has 0 aliphatic carbocycles. The number of hydrogen-bond acceptors (Lipinski definition) is 6. The Labute approximate surface area is 200 Å². The van der Waals surface area contributed by atoms with Crippen LogP contribution in [0, 0.1) is 37.9 Å². The van der Waals surface area contributed by atoms with E-state index in [9.17, 15) is 24.0 Å². The van der Waals surface area contributed by atoms with Crippen molar-refractivity contribution in [1.29, 1.82) is 5.26 Å². The minimum atomic E-state index is -0.772. The molecule has 2 amide bonds. The second-order valence-electron chi connectivity index (χ2n) is 7.56. The average molecular weight is 483 g/mol.